The largest absolute Gasteiger partial charge is 0.418 e. The maximum atomic E-state index is 13.1. The second-order valence-corrected chi connectivity index (χ2v) is 5.12. The predicted octanol–water partition coefficient (Wildman–Crippen LogP) is 2.41. The summed E-state index contributed by atoms with van der Waals surface area (Å²) >= 11 is 0. The third kappa shape index (κ3) is 3.24. The first-order valence-electron chi connectivity index (χ1n) is 6.62. The highest BCUT2D eigenvalue weighted by Gasteiger charge is 2.35. The molecule has 0 aliphatic carbocycles. The molecule has 1 fully saturated rings. The molecule has 1 aromatic rings. The summed E-state index contributed by atoms with van der Waals surface area (Å²) in [5.41, 5.74) is -0.288. The van der Waals surface area contributed by atoms with Gasteiger partial charge in [-0.1, -0.05) is 6.07 Å². The van der Waals surface area contributed by atoms with Crippen LogP contribution in [0, 0.1) is 5.92 Å². The third-order valence-corrected chi connectivity index (χ3v) is 3.76. The number of aliphatic hydroxyl groups is 2. The van der Waals surface area contributed by atoms with Crippen molar-refractivity contribution in [2.75, 3.05) is 24.6 Å². The van der Waals surface area contributed by atoms with E-state index in [-0.39, 0.29) is 23.8 Å². The van der Waals surface area contributed by atoms with Crippen LogP contribution in [0.4, 0.5) is 18.9 Å². The molecule has 1 aliphatic heterocycles. The van der Waals surface area contributed by atoms with Gasteiger partial charge in [0, 0.05) is 25.4 Å². The highest BCUT2D eigenvalue weighted by molar-refractivity contribution is 5.56. The molecule has 0 unspecified atom stereocenters. The average Bonchev–Trinajstić information content (AvgIpc) is 2.46. The topological polar surface area (TPSA) is 43.7 Å². The van der Waals surface area contributed by atoms with Crippen LogP contribution in [-0.2, 0) is 12.8 Å². The summed E-state index contributed by atoms with van der Waals surface area (Å²) in [5.74, 6) is 0.178. The van der Waals surface area contributed by atoms with Gasteiger partial charge in [-0.3, -0.25) is 0 Å². The Bertz CT molecular complexity index is 454. The van der Waals surface area contributed by atoms with E-state index in [0.29, 0.717) is 25.9 Å². The molecule has 112 valence electrons. The molecule has 1 aliphatic rings. The number of alkyl halides is 3. The minimum Gasteiger partial charge on any atom is -0.396 e. The van der Waals surface area contributed by atoms with Gasteiger partial charge in [0.15, 0.2) is 0 Å². The zero-order valence-corrected chi connectivity index (χ0v) is 11.0. The van der Waals surface area contributed by atoms with Gasteiger partial charge in [-0.05, 0) is 36.5 Å². The zero-order chi connectivity index (χ0) is 14.8. The molecule has 6 heteroatoms. The Balaban J connectivity index is 2.27. The monoisotopic (exact) mass is 289 g/mol. The number of rotatable bonds is 3. The van der Waals surface area contributed by atoms with Crippen molar-refractivity contribution in [3.05, 3.63) is 29.3 Å². The van der Waals surface area contributed by atoms with E-state index in [9.17, 15) is 13.2 Å². The predicted molar refractivity (Wildman–Crippen MR) is 69.4 cm³/mol. The number of hydrogen-bond acceptors (Lipinski definition) is 3. The Hall–Kier alpha value is -1.27. The van der Waals surface area contributed by atoms with Crippen LogP contribution in [-0.4, -0.2) is 29.9 Å². The van der Waals surface area contributed by atoms with E-state index in [2.05, 4.69) is 0 Å². The molecule has 2 rings (SSSR count). The summed E-state index contributed by atoms with van der Waals surface area (Å²) in [4.78, 5) is 1.70. The number of piperidine rings is 1. The van der Waals surface area contributed by atoms with Gasteiger partial charge in [-0.25, -0.2) is 0 Å². The van der Waals surface area contributed by atoms with Crippen LogP contribution in [0.3, 0.4) is 0 Å². The lowest BCUT2D eigenvalue weighted by molar-refractivity contribution is -0.137. The van der Waals surface area contributed by atoms with Crippen LogP contribution in [0.5, 0.6) is 0 Å². The first kappa shape index (κ1) is 15.1. The van der Waals surface area contributed by atoms with E-state index in [0.717, 1.165) is 6.07 Å². The van der Waals surface area contributed by atoms with E-state index >= 15 is 0 Å². The molecular formula is C14H18F3NO2. The van der Waals surface area contributed by atoms with Crippen LogP contribution >= 0.6 is 0 Å². The summed E-state index contributed by atoms with van der Waals surface area (Å²) in [5, 5.41) is 18.1. The fraction of sp³-hybridized carbons (Fsp3) is 0.571. The lowest BCUT2D eigenvalue weighted by Gasteiger charge is -2.34. The third-order valence-electron chi connectivity index (χ3n) is 3.76. The van der Waals surface area contributed by atoms with Crippen molar-refractivity contribution in [3.63, 3.8) is 0 Å². The van der Waals surface area contributed by atoms with E-state index in [1.54, 1.807) is 4.90 Å². The summed E-state index contributed by atoms with van der Waals surface area (Å²) in [7, 11) is 0. The Morgan fingerprint density at radius 2 is 1.80 bits per heavy atom. The molecule has 0 radical (unpaired) electrons. The Kier molecular flexibility index (Phi) is 4.55. The summed E-state index contributed by atoms with van der Waals surface area (Å²) < 4.78 is 39.3. The van der Waals surface area contributed by atoms with E-state index in [4.69, 9.17) is 10.2 Å². The molecule has 0 saturated carbocycles. The second kappa shape index (κ2) is 6.01. The van der Waals surface area contributed by atoms with Gasteiger partial charge in [-0.2, -0.15) is 13.2 Å². The van der Waals surface area contributed by atoms with Crippen LogP contribution in [0.2, 0.25) is 0 Å². The second-order valence-electron chi connectivity index (χ2n) is 5.12. The summed E-state index contributed by atoms with van der Waals surface area (Å²) in [6.45, 7) is 0.693. The van der Waals surface area contributed by atoms with Gasteiger partial charge >= 0.3 is 6.18 Å². The van der Waals surface area contributed by atoms with Gasteiger partial charge in [0.25, 0.3) is 0 Å². The van der Waals surface area contributed by atoms with Crippen molar-refractivity contribution in [1.82, 2.24) is 0 Å². The fourth-order valence-electron chi connectivity index (χ4n) is 2.54. The minimum absolute atomic E-state index is 0.0867. The SMILES string of the molecule is OCc1ccc(N2CCC(CO)CC2)c(C(F)(F)F)c1. The maximum absolute atomic E-state index is 13.1. The van der Waals surface area contributed by atoms with Gasteiger partial charge < -0.3 is 15.1 Å². The molecule has 0 amide bonds. The summed E-state index contributed by atoms with van der Waals surface area (Å²) in [6, 6.07) is 3.95. The number of anilines is 1. The molecule has 0 spiro atoms. The van der Waals surface area contributed by atoms with Crippen LogP contribution in [0.15, 0.2) is 18.2 Å². The molecule has 3 nitrogen and oxygen atoms in total. The number of halogens is 3. The molecule has 0 atom stereocenters. The number of hydrogen-bond donors (Lipinski definition) is 2. The van der Waals surface area contributed by atoms with Crippen molar-refractivity contribution >= 4 is 5.69 Å². The zero-order valence-electron chi connectivity index (χ0n) is 11.0. The molecular weight excluding hydrogens is 271 g/mol. The Morgan fingerprint density at radius 3 is 2.30 bits per heavy atom. The standard InChI is InChI=1S/C14H18F3NO2/c15-14(16,17)12-7-11(9-20)1-2-13(12)18-5-3-10(8-19)4-6-18/h1-2,7,10,19-20H,3-6,8-9H2. The van der Waals surface area contributed by atoms with Crippen molar-refractivity contribution in [2.24, 2.45) is 5.92 Å². The van der Waals surface area contributed by atoms with Crippen molar-refractivity contribution in [1.29, 1.82) is 0 Å². The van der Waals surface area contributed by atoms with Crippen LogP contribution in [0.1, 0.15) is 24.0 Å². The van der Waals surface area contributed by atoms with E-state index in [1.165, 1.54) is 12.1 Å². The molecule has 1 aromatic carbocycles. The fourth-order valence-corrected chi connectivity index (χ4v) is 2.54. The van der Waals surface area contributed by atoms with E-state index < -0.39 is 18.3 Å². The van der Waals surface area contributed by atoms with Crippen molar-refractivity contribution in [2.45, 2.75) is 25.6 Å². The summed E-state index contributed by atoms with van der Waals surface area (Å²) in [6.07, 6.45) is -3.06. The number of aliphatic hydroxyl groups excluding tert-OH is 2. The van der Waals surface area contributed by atoms with Crippen LogP contribution in [0.25, 0.3) is 0 Å². The number of nitrogens with zero attached hydrogens (tertiary/aromatic N) is 1. The molecule has 0 aromatic heterocycles. The normalized spacial score (nSPS) is 17.6. The Morgan fingerprint density at radius 1 is 1.15 bits per heavy atom. The molecule has 1 heterocycles. The van der Waals surface area contributed by atoms with Crippen molar-refractivity contribution in [3.8, 4) is 0 Å². The van der Waals surface area contributed by atoms with Gasteiger partial charge in [0.2, 0.25) is 0 Å². The molecule has 20 heavy (non-hydrogen) atoms. The van der Waals surface area contributed by atoms with Gasteiger partial charge in [-0.15, -0.1) is 0 Å². The number of benzene rings is 1. The van der Waals surface area contributed by atoms with Crippen LogP contribution < -0.4 is 4.90 Å². The molecule has 0 bridgehead atoms. The smallest absolute Gasteiger partial charge is 0.396 e. The maximum Gasteiger partial charge on any atom is 0.418 e. The Labute approximate surface area is 115 Å². The van der Waals surface area contributed by atoms with E-state index in [1.807, 2.05) is 0 Å². The van der Waals surface area contributed by atoms with Crippen molar-refractivity contribution < 1.29 is 23.4 Å². The molecule has 2 N–H and O–H groups in total. The highest BCUT2D eigenvalue weighted by atomic mass is 19.4. The lowest BCUT2D eigenvalue weighted by Crippen LogP contribution is -2.36. The van der Waals surface area contributed by atoms with Gasteiger partial charge in [0.1, 0.15) is 0 Å². The average molecular weight is 289 g/mol. The highest BCUT2D eigenvalue weighted by Crippen LogP contribution is 2.38. The first-order valence-corrected chi connectivity index (χ1v) is 6.62. The minimum atomic E-state index is -4.44. The first-order chi connectivity index (χ1) is 9.45. The van der Waals surface area contributed by atoms with Gasteiger partial charge in [0.05, 0.1) is 12.2 Å². The lowest BCUT2D eigenvalue weighted by atomic mass is 9.96. The molecule has 1 saturated heterocycles. The quantitative estimate of drug-likeness (QED) is 0.898.